The molecule has 0 aliphatic heterocycles. The summed E-state index contributed by atoms with van der Waals surface area (Å²) in [6.07, 6.45) is 3.27. The van der Waals surface area contributed by atoms with Crippen LogP contribution >= 0.6 is 34.8 Å². The van der Waals surface area contributed by atoms with E-state index in [-0.39, 0.29) is 5.82 Å². The molecule has 2 unspecified atom stereocenters. The second-order valence-corrected chi connectivity index (χ2v) is 5.95. The lowest BCUT2D eigenvalue weighted by Crippen LogP contribution is -2.18. The number of nitrogens with zero attached hydrogens (tertiary/aromatic N) is 1. The molecule has 2 rings (SSSR count). The SMILES string of the molecule is CN(C)c1cccc(C2C(Cl)=CC(Cl)=CC2Cl)c1F. The number of hydrogen-bond donors (Lipinski definition) is 0. The summed E-state index contributed by atoms with van der Waals surface area (Å²) in [5.74, 6) is -0.716. The summed E-state index contributed by atoms with van der Waals surface area (Å²) in [7, 11) is 3.57. The van der Waals surface area contributed by atoms with E-state index in [2.05, 4.69) is 0 Å². The van der Waals surface area contributed by atoms with E-state index in [9.17, 15) is 4.39 Å². The van der Waals surface area contributed by atoms with E-state index in [1.807, 2.05) is 0 Å². The predicted molar refractivity (Wildman–Crippen MR) is 81.0 cm³/mol. The zero-order valence-corrected chi connectivity index (χ0v) is 12.8. The Hall–Kier alpha value is -0.700. The van der Waals surface area contributed by atoms with Crippen LogP contribution in [0.15, 0.2) is 40.4 Å². The maximum Gasteiger partial charge on any atom is 0.150 e. The summed E-state index contributed by atoms with van der Waals surface area (Å²) in [6, 6.07) is 5.21. The molecule has 0 aromatic heterocycles. The van der Waals surface area contributed by atoms with Crippen molar-refractivity contribution >= 4 is 40.5 Å². The van der Waals surface area contributed by atoms with Crippen molar-refractivity contribution in [1.82, 2.24) is 0 Å². The van der Waals surface area contributed by atoms with Crippen molar-refractivity contribution in [3.05, 3.63) is 51.8 Å². The molecule has 1 aromatic rings. The normalized spacial score (nSPS) is 22.8. The lowest BCUT2D eigenvalue weighted by atomic mass is 9.90. The molecule has 0 fully saturated rings. The number of allylic oxidation sites excluding steroid dienone is 4. The first-order valence-corrected chi connectivity index (χ1v) is 6.95. The summed E-state index contributed by atoms with van der Waals surface area (Å²) < 4.78 is 14.5. The van der Waals surface area contributed by atoms with Gasteiger partial charge < -0.3 is 4.90 Å². The first kappa shape index (κ1) is 14.7. The largest absolute Gasteiger partial charge is 0.375 e. The van der Waals surface area contributed by atoms with Gasteiger partial charge in [-0.1, -0.05) is 35.3 Å². The van der Waals surface area contributed by atoms with Crippen molar-refractivity contribution in [2.24, 2.45) is 0 Å². The van der Waals surface area contributed by atoms with Crippen LogP contribution in [0.2, 0.25) is 0 Å². The zero-order valence-electron chi connectivity index (χ0n) is 10.5. The Labute approximate surface area is 127 Å². The summed E-state index contributed by atoms with van der Waals surface area (Å²) in [5.41, 5.74) is 0.986. The smallest absolute Gasteiger partial charge is 0.150 e. The first-order valence-electron chi connectivity index (χ1n) is 5.76. The van der Waals surface area contributed by atoms with E-state index >= 15 is 0 Å². The maximum absolute atomic E-state index is 14.5. The second-order valence-electron chi connectivity index (χ2n) is 4.58. The molecule has 1 aromatic carbocycles. The fraction of sp³-hybridized carbons (Fsp3) is 0.286. The topological polar surface area (TPSA) is 3.24 Å². The van der Waals surface area contributed by atoms with Gasteiger partial charge in [-0.2, -0.15) is 0 Å². The summed E-state index contributed by atoms with van der Waals surface area (Å²) in [6.45, 7) is 0. The molecule has 102 valence electrons. The molecule has 0 heterocycles. The molecular weight excluding hydrogens is 308 g/mol. The Balaban J connectivity index is 2.49. The minimum atomic E-state index is -0.461. The van der Waals surface area contributed by atoms with Crippen LogP contribution in [0.5, 0.6) is 0 Å². The molecule has 0 radical (unpaired) electrons. The standard InChI is InChI=1S/C14H13Cl3FN/c1-19(2)12-5-3-4-9(14(12)18)13-10(16)6-8(15)7-11(13)17/h3-7,10,13H,1-2H3. The third-order valence-electron chi connectivity index (χ3n) is 3.03. The number of halogens is 4. The van der Waals surface area contributed by atoms with E-state index in [4.69, 9.17) is 34.8 Å². The average Bonchev–Trinajstić information content (AvgIpc) is 2.29. The van der Waals surface area contributed by atoms with Crippen LogP contribution in [0.4, 0.5) is 10.1 Å². The fourth-order valence-electron chi connectivity index (χ4n) is 2.11. The Morgan fingerprint density at radius 1 is 1.21 bits per heavy atom. The van der Waals surface area contributed by atoms with E-state index in [1.165, 1.54) is 0 Å². The highest BCUT2D eigenvalue weighted by atomic mass is 35.5. The van der Waals surface area contributed by atoms with Crippen LogP contribution in [0, 0.1) is 5.82 Å². The van der Waals surface area contributed by atoms with Crippen LogP contribution in [0.25, 0.3) is 0 Å². The number of benzene rings is 1. The van der Waals surface area contributed by atoms with Gasteiger partial charge in [0.05, 0.1) is 11.1 Å². The molecule has 1 aliphatic carbocycles. The first-order chi connectivity index (χ1) is 8.91. The van der Waals surface area contributed by atoms with E-state index in [0.717, 1.165) is 0 Å². The highest BCUT2D eigenvalue weighted by Gasteiger charge is 2.29. The number of anilines is 1. The molecule has 0 saturated carbocycles. The summed E-state index contributed by atoms with van der Waals surface area (Å²) >= 11 is 18.3. The molecule has 1 aliphatic rings. The van der Waals surface area contributed by atoms with Gasteiger partial charge in [-0.15, -0.1) is 11.6 Å². The highest BCUT2D eigenvalue weighted by molar-refractivity contribution is 6.37. The lowest BCUT2D eigenvalue weighted by molar-refractivity contribution is 0.597. The van der Waals surface area contributed by atoms with Crippen LogP contribution in [0.1, 0.15) is 11.5 Å². The Kier molecular flexibility index (Phi) is 4.44. The van der Waals surface area contributed by atoms with Gasteiger partial charge in [0.25, 0.3) is 0 Å². The number of alkyl halides is 1. The van der Waals surface area contributed by atoms with Crippen molar-refractivity contribution < 1.29 is 4.39 Å². The van der Waals surface area contributed by atoms with Crippen molar-refractivity contribution in [3.8, 4) is 0 Å². The minimum absolute atomic E-state index is 0.305. The van der Waals surface area contributed by atoms with E-state index in [0.29, 0.717) is 21.3 Å². The van der Waals surface area contributed by atoms with Gasteiger partial charge in [-0.25, -0.2) is 4.39 Å². The third-order valence-corrected chi connectivity index (χ3v) is 3.99. The van der Waals surface area contributed by atoms with Gasteiger partial charge in [0.1, 0.15) is 5.82 Å². The second kappa shape index (κ2) is 5.74. The zero-order chi connectivity index (χ0) is 14.2. The quantitative estimate of drug-likeness (QED) is 0.705. The van der Waals surface area contributed by atoms with Crippen molar-refractivity contribution in [2.75, 3.05) is 19.0 Å². The predicted octanol–water partition coefficient (Wildman–Crippen LogP) is 4.84. The molecule has 1 nitrogen and oxygen atoms in total. The lowest BCUT2D eigenvalue weighted by Gasteiger charge is -2.25. The van der Waals surface area contributed by atoms with Gasteiger partial charge >= 0.3 is 0 Å². The molecule has 0 spiro atoms. The fourth-order valence-corrected chi connectivity index (χ4v) is 3.33. The van der Waals surface area contributed by atoms with Gasteiger partial charge in [-0.3, -0.25) is 0 Å². The molecular formula is C14H13Cl3FN. The molecule has 5 heteroatoms. The molecule has 0 amide bonds. The Bertz CT molecular complexity index is 552. The van der Waals surface area contributed by atoms with Gasteiger partial charge in [-0.05, 0) is 18.2 Å². The molecule has 0 bridgehead atoms. The van der Waals surface area contributed by atoms with Crippen LogP contribution in [-0.4, -0.2) is 19.5 Å². The molecule has 19 heavy (non-hydrogen) atoms. The van der Waals surface area contributed by atoms with Crippen molar-refractivity contribution in [3.63, 3.8) is 0 Å². The van der Waals surface area contributed by atoms with Crippen LogP contribution < -0.4 is 4.90 Å². The van der Waals surface area contributed by atoms with Crippen LogP contribution in [-0.2, 0) is 0 Å². The van der Waals surface area contributed by atoms with Gasteiger partial charge in [0, 0.05) is 35.6 Å². The molecule has 0 N–H and O–H groups in total. The van der Waals surface area contributed by atoms with Crippen molar-refractivity contribution in [1.29, 1.82) is 0 Å². The average molecular weight is 321 g/mol. The van der Waals surface area contributed by atoms with Crippen molar-refractivity contribution in [2.45, 2.75) is 11.3 Å². The summed E-state index contributed by atoms with van der Waals surface area (Å²) in [4.78, 5) is 1.71. The van der Waals surface area contributed by atoms with E-state index < -0.39 is 11.3 Å². The maximum atomic E-state index is 14.5. The van der Waals surface area contributed by atoms with Gasteiger partial charge in [0.2, 0.25) is 0 Å². The number of hydrogen-bond acceptors (Lipinski definition) is 1. The number of rotatable bonds is 2. The Morgan fingerprint density at radius 2 is 1.89 bits per heavy atom. The monoisotopic (exact) mass is 319 g/mol. The minimum Gasteiger partial charge on any atom is -0.375 e. The van der Waals surface area contributed by atoms with Crippen LogP contribution in [0.3, 0.4) is 0 Å². The molecule has 2 atom stereocenters. The summed E-state index contributed by atoms with van der Waals surface area (Å²) in [5, 5.41) is 0.463. The van der Waals surface area contributed by atoms with Gasteiger partial charge in [0.15, 0.2) is 0 Å². The third kappa shape index (κ3) is 2.91. The Morgan fingerprint density at radius 3 is 2.47 bits per heavy atom. The molecule has 0 saturated heterocycles. The highest BCUT2D eigenvalue weighted by Crippen LogP contribution is 2.41. The van der Waals surface area contributed by atoms with E-state index in [1.54, 1.807) is 49.3 Å².